The number of aryl methyl sites for hydroxylation is 1. The number of nitrogens with two attached hydrogens (primary N) is 1. The lowest BCUT2D eigenvalue weighted by Crippen LogP contribution is -2.03. The molecule has 0 bridgehead atoms. The molecule has 0 spiro atoms. The van der Waals surface area contributed by atoms with E-state index in [4.69, 9.17) is 11.0 Å². The third kappa shape index (κ3) is 2.77. The summed E-state index contributed by atoms with van der Waals surface area (Å²) in [5.74, 6) is 0.782. The summed E-state index contributed by atoms with van der Waals surface area (Å²) in [5, 5.41) is 12.0. The van der Waals surface area contributed by atoms with Crippen molar-refractivity contribution in [3.8, 4) is 6.07 Å². The maximum atomic E-state index is 8.82. The lowest BCUT2D eigenvalue weighted by Gasteiger charge is -2.07. The van der Waals surface area contributed by atoms with Crippen LogP contribution < -0.4 is 11.1 Å². The van der Waals surface area contributed by atoms with Crippen LogP contribution in [0.2, 0.25) is 0 Å². The predicted molar refractivity (Wildman–Crippen MR) is 71.9 cm³/mol. The summed E-state index contributed by atoms with van der Waals surface area (Å²) in [6.45, 7) is 2.50. The van der Waals surface area contributed by atoms with Gasteiger partial charge in [-0.15, -0.1) is 0 Å². The van der Waals surface area contributed by atoms with Gasteiger partial charge in [-0.3, -0.25) is 0 Å². The molecule has 90 valence electrons. The number of hydrogen-bond acceptors (Lipinski definition) is 4. The van der Waals surface area contributed by atoms with Gasteiger partial charge >= 0.3 is 0 Å². The van der Waals surface area contributed by atoms with E-state index in [-0.39, 0.29) is 0 Å². The second-order valence-corrected chi connectivity index (χ2v) is 4.04. The van der Waals surface area contributed by atoms with Crippen molar-refractivity contribution in [3.63, 3.8) is 0 Å². The van der Waals surface area contributed by atoms with Crippen LogP contribution in [0.25, 0.3) is 0 Å². The topological polar surface area (TPSA) is 74.7 Å². The zero-order valence-corrected chi connectivity index (χ0v) is 10.1. The van der Waals surface area contributed by atoms with E-state index in [2.05, 4.69) is 16.4 Å². The standard InChI is InChI=1S/C14H14N4/c1-10-13(16)5-6-14(18-10)17-9-12-4-2-3-11(7-12)8-15/h2-7H,9,16H2,1H3,(H,17,18). The van der Waals surface area contributed by atoms with E-state index in [1.165, 1.54) is 0 Å². The third-order valence-electron chi connectivity index (χ3n) is 2.66. The van der Waals surface area contributed by atoms with Crippen molar-refractivity contribution in [1.29, 1.82) is 5.26 Å². The van der Waals surface area contributed by atoms with Gasteiger partial charge in [-0.1, -0.05) is 12.1 Å². The van der Waals surface area contributed by atoms with Gasteiger partial charge in [0.2, 0.25) is 0 Å². The van der Waals surface area contributed by atoms with Crippen molar-refractivity contribution in [2.45, 2.75) is 13.5 Å². The summed E-state index contributed by atoms with van der Waals surface area (Å²) in [7, 11) is 0. The van der Waals surface area contributed by atoms with Gasteiger partial charge in [-0.25, -0.2) is 4.98 Å². The minimum Gasteiger partial charge on any atom is -0.397 e. The molecule has 1 heterocycles. The molecule has 4 heteroatoms. The highest BCUT2D eigenvalue weighted by Crippen LogP contribution is 2.13. The van der Waals surface area contributed by atoms with E-state index >= 15 is 0 Å². The minimum atomic E-state index is 0.631. The van der Waals surface area contributed by atoms with Gasteiger partial charge in [-0.2, -0.15) is 5.26 Å². The number of pyridine rings is 1. The van der Waals surface area contributed by atoms with Crippen LogP contribution in [-0.4, -0.2) is 4.98 Å². The summed E-state index contributed by atoms with van der Waals surface area (Å²) >= 11 is 0. The molecule has 0 atom stereocenters. The number of benzene rings is 1. The molecule has 0 saturated heterocycles. The van der Waals surface area contributed by atoms with Crippen molar-refractivity contribution >= 4 is 11.5 Å². The van der Waals surface area contributed by atoms with Gasteiger partial charge in [0.25, 0.3) is 0 Å². The Hall–Kier alpha value is -2.54. The number of rotatable bonds is 3. The molecule has 18 heavy (non-hydrogen) atoms. The lowest BCUT2D eigenvalue weighted by molar-refractivity contribution is 1.09. The number of nitrogens with zero attached hydrogens (tertiary/aromatic N) is 2. The Morgan fingerprint density at radius 2 is 2.17 bits per heavy atom. The summed E-state index contributed by atoms with van der Waals surface area (Å²) in [6.07, 6.45) is 0. The van der Waals surface area contributed by atoms with Crippen LogP contribution in [-0.2, 0) is 6.54 Å². The quantitative estimate of drug-likeness (QED) is 0.861. The first kappa shape index (κ1) is 11.9. The van der Waals surface area contributed by atoms with Crippen molar-refractivity contribution in [2.75, 3.05) is 11.1 Å². The van der Waals surface area contributed by atoms with Crippen LogP contribution in [0.15, 0.2) is 36.4 Å². The Balaban J connectivity index is 2.07. The molecule has 0 radical (unpaired) electrons. The molecular weight excluding hydrogens is 224 g/mol. The molecule has 0 saturated carbocycles. The summed E-state index contributed by atoms with van der Waals surface area (Å²) in [4.78, 5) is 4.33. The SMILES string of the molecule is Cc1nc(NCc2cccc(C#N)c2)ccc1N. The first-order chi connectivity index (χ1) is 8.69. The lowest BCUT2D eigenvalue weighted by atomic mass is 10.1. The fourth-order valence-electron chi connectivity index (χ4n) is 1.61. The first-order valence-electron chi connectivity index (χ1n) is 5.65. The van der Waals surface area contributed by atoms with Crippen molar-refractivity contribution in [2.24, 2.45) is 0 Å². The van der Waals surface area contributed by atoms with E-state index in [0.29, 0.717) is 17.8 Å². The van der Waals surface area contributed by atoms with Gasteiger partial charge in [0.05, 0.1) is 23.0 Å². The Labute approximate surface area is 106 Å². The normalized spacial score (nSPS) is 9.78. The van der Waals surface area contributed by atoms with E-state index in [0.717, 1.165) is 17.1 Å². The highest BCUT2D eigenvalue weighted by Gasteiger charge is 1.99. The molecule has 2 aromatic rings. The summed E-state index contributed by atoms with van der Waals surface area (Å²) in [6, 6.07) is 13.3. The number of nitriles is 1. The van der Waals surface area contributed by atoms with Crippen LogP contribution in [0.4, 0.5) is 11.5 Å². The Bertz CT molecular complexity index is 599. The molecule has 4 nitrogen and oxygen atoms in total. The van der Waals surface area contributed by atoms with E-state index in [9.17, 15) is 0 Å². The van der Waals surface area contributed by atoms with Crippen LogP contribution in [0.3, 0.4) is 0 Å². The third-order valence-corrected chi connectivity index (χ3v) is 2.66. The highest BCUT2D eigenvalue weighted by atomic mass is 15.0. The van der Waals surface area contributed by atoms with Gasteiger partial charge in [0, 0.05) is 6.54 Å². The average molecular weight is 238 g/mol. The molecule has 0 aliphatic heterocycles. The average Bonchev–Trinajstić information content (AvgIpc) is 2.40. The molecular formula is C14H14N4. The minimum absolute atomic E-state index is 0.631. The zero-order valence-electron chi connectivity index (χ0n) is 10.1. The monoisotopic (exact) mass is 238 g/mol. The Morgan fingerprint density at radius 3 is 2.89 bits per heavy atom. The highest BCUT2D eigenvalue weighted by molar-refractivity contribution is 5.49. The van der Waals surface area contributed by atoms with Crippen LogP contribution in [0.5, 0.6) is 0 Å². The maximum Gasteiger partial charge on any atom is 0.126 e. The number of hydrogen-bond donors (Lipinski definition) is 2. The van der Waals surface area contributed by atoms with E-state index < -0.39 is 0 Å². The zero-order chi connectivity index (χ0) is 13.0. The fourth-order valence-corrected chi connectivity index (χ4v) is 1.61. The van der Waals surface area contributed by atoms with E-state index in [1.807, 2.05) is 37.3 Å². The second kappa shape index (κ2) is 5.19. The summed E-state index contributed by atoms with van der Waals surface area (Å²) in [5.41, 5.74) is 8.91. The molecule has 1 aromatic carbocycles. The van der Waals surface area contributed by atoms with Crippen molar-refractivity contribution in [1.82, 2.24) is 4.98 Å². The van der Waals surface area contributed by atoms with Crippen LogP contribution in [0.1, 0.15) is 16.8 Å². The smallest absolute Gasteiger partial charge is 0.126 e. The molecule has 0 unspecified atom stereocenters. The molecule has 0 aliphatic carbocycles. The summed E-state index contributed by atoms with van der Waals surface area (Å²) < 4.78 is 0. The number of nitrogen functional groups attached to an aromatic ring is 1. The van der Waals surface area contributed by atoms with Gasteiger partial charge in [0.15, 0.2) is 0 Å². The first-order valence-corrected chi connectivity index (χ1v) is 5.65. The molecule has 0 amide bonds. The number of aromatic nitrogens is 1. The van der Waals surface area contributed by atoms with Gasteiger partial charge in [-0.05, 0) is 36.8 Å². The fraction of sp³-hybridized carbons (Fsp3) is 0.143. The van der Waals surface area contributed by atoms with Gasteiger partial charge in [0.1, 0.15) is 5.82 Å². The molecule has 2 rings (SSSR count). The van der Waals surface area contributed by atoms with Crippen LogP contribution in [0, 0.1) is 18.3 Å². The largest absolute Gasteiger partial charge is 0.397 e. The van der Waals surface area contributed by atoms with E-state index in [1.54, 1.807) is 6.07 Å². The second-order valence-electron chi connectivity index (χ2n) is 4.04. The maximum absolute atomic E-state index is 8.82. The molecule has 0 fully saturated rings. The van der Waals surface area contributed by atoms with Crippen molar-refractivity contribution < 1.29 is 0 Å². The Kier molecular flexibility index (Phi) is 3.44. The van der Waals surface area contributed by atoms with Crippen molar-refractivity contribution in [3.05, 3.63) is 53.2 Å². The number of anilines is 2. The Morgan fingerprint density at radius 1 is 1.33 bits per heavy atom. The van der Waals surface area contributed by atoms with Crippen LogP contribution >= 0.6 is 0 Å². The van der Waals surface area contributed by atoms with Gasteiger partial charge < -0.3 is 11.1 Å². The molecule has 0 aliphatic rings. The molecule has 3 N–H and O–H groups in total. The molecule has 1 aromatic heterocycles. The predicted octanol–water partition coefficient (Wildman–Crippen LogP) is 2.46. The number of nitrogens with one attached hydrogen (secondary N) is 1.